The number of ether oxygens (including phenoxy) is 3. The SMILES string of the molecule is COc1ccc(CC(Cc2ccc(OC)cc2)N2C(=O)C(NC(=O)OCC(Cl)(Cl)Cl)C2C=Cc2ccccc2)cc1. The van der Waals surface area contributed by atoms with E-state index in [0.29, 0.717) is 12.8 Å². The van der Waals surface area contributed by atoms with Gasteiger partial charge >= 0.3 is 6.09 Å². The molecule has 1 saturated heterocycles. The van der Waals surface area contributed by atoms with Crippen LogP contribution in [-0.4, -0.2) is 59.6 Å². The van der Waals surface area contributed by atoms with Crippen molar-refractivity contribution in [2.45, 2.75) is 34.8 Å². The fraction of sp³-hybridized carbons (Fsp3) is 0.290. The minimum absolute atomic E-state index is 0.218. The molecule has 1 fully saturated rings. The summed E-state index contributed by atoms with van der Waals surface area (Å²) in [5.74, 6) is 1.27. The Morgan fingerprint density at radius 1 is 0.902 bits per heavy atom. The summed E-state index contributed by atoms with van der Waals surface area (Å²) in [6, 6.07) is 23.8. The Bertz CT molecular complexity index is 1280. The summed E-state index contributed by atoms with van der Waals surface area (Å²) in [7, 11) is 3.24. The maximum absolute atomic E-state index is 13.6. The molecular weight excluding hydrogens is 587 g/mol. The largest absolute Gasteiger partial charge is 0.497 e. The Hall–Kier alpha value is -3.39. The van der Waals surface area contributed by atoms with Gasteiger partial charge in [-0.25, -0.2) is 4.79 Å². The van der Waals surface area contributed by atoms with Gasteiger partial charge in [-0.3, -0.25) is 4.79 Å². The van der Waals surface area contributed by atoms with Gasteiger partial charge in [-0.05, 0) is 53.8 Å². The molecule has 2 unspecified atom stereocenters. The number of alkyl carbamates (subject to hydrolysis) is 1. The first-order valence-corrected chi connectivity index (χ1v) is 14.1. The van der Waals surface area contributed by atoms with Crippen molar-refractivity contribution in [3.05, 3.63) is 102 Å². The average Bonchev–Trinajstić information content (AvgIpc) is 2.97. The van der Waals surface area contributed by atoms with E-state index in [1.54, 1.807) is 14.2 Å². The molecule has 3 aromatic rings. The molecule has 216 valence electrons. The predicted molar refractivity (Wildman–Crippen MR) is 162 cm³/mol. The first kappa shape index (κ1) is 30.6. The van der Waals surface area contributed by atoms with Gasteiger partial charge in [0, 0.05) is 6.04 Å². The Morgan fingerprint density at radius 2 is 1.44 bits per heavy atom. The van der Waals surface area contributed by atoms with E-state index in [1.807, 2.05) is 95.9 Å². The van der Waals surface area contributed by atoms with Crippen LogP contribution in [0.3, 0.4) is 0 Å². The lowest BCUT2D eigenvalue weighted by molar-refractivity contribution is -0.152. The fourth-order valence-corrected chi connectivity index (χ4v) is 4.90. The Morgan fingerprint density at radius 3 is 1.93 bits per heavy atom. The zero-order chi connectivity index (χ0) is 29.4. The van der Waals surface area contributed by atoms with Gasteiger partial charge in [-0.2, -0.15) is 0 Å². The summed E-state index contributed by atoms with van der Waals surface area (Å²) in [5, 5.41) is 2.66. The highest BCUT2D eigenvalue weighted by atomic mass is 35.6. The van der Waals surface area contributed by atoms with Crippen molar-refractivity contribution in [2.75, 3.05) is 20.8 Å². The summed E-state index contributed by atoms with van der Waals surface area (Å²) < 4.78 is 13.9. The number of likely N-dealkylation sites (tertiary alicyclic amines) is 1. The molecule has 4 rings (SSSR count). The van der Waals surface area contributed by atoms with Gasteiger partial charge in [0.1, 0.15) is 24.1 Å². The Kier molecular flexibility index (Phi) is 10.4. The minimum atomic E-state index is -1.76. The maximum Gasteiger partial charge on any atom is 0.408 e. The number of benzene rings is 3. The summed E-state index contributed by atoms with van der Waals surface area (Å²) in [4.78, 5) is 28.0. The van der Waals surface area contributed by atoms with Gasteiger partial charge in [-0.15, -0.1) is 0 Å². The molecule has 1 aliphatic rings. The number of amides is 2. The molecular formula is C31H31Cl3N2O5. The molecule has 41 heavy (non-hydrogen) atoms. The third-order valence-corrected chi connectivity index (χ3v) is 7.09. The van der Waals surface area contributed by atoms with Gasteiger partial charge in [-0.1, -0.05) is 102 Å². The van der Waals surface area contributed by atoms with Gasteiger partial charge in [0.05, 0.1) is 20.3 Å². The fourth-order valence-electron chi connectivity index (χ4n) is 4.73. The average molecular weight is 618 g/mol. The summed E-state index contributed by atoms with van der Waals surface area (Å²) in [6.45, 7) is -0.448. The van der Waals surface area contributed by atoms with Crippen molar-refractivity contribution in [3.8, 4) is 11.5 Å². The second-order valence-electron chi connectivity index (χ2n) is 9.58. The molecule has 0 aromatic heterocycles. The third-order valence-electron chi connectivity index (χ3n) is 6.76. The lowest BCUT2D eigenvalue weighted by atomic mass is 9.87. The van der Waals surface area contributed by atoms with Crippen LogP contribution < -0.4 is 14.8 Å². The van der Waals surface area contributed by atoms with Crippen LogP contribution in [0.4, 0.5) is 4.79 Å². The Labute approximate surface area is 254 Å². The van der Waals surface area contributed by atoms with Crippen LogP contribution in [0.2, 0.25) is 0 Å². The minimum Gasteiger partial charge on any atom is -0.497 e. The molecule has 0 radical (unpaired) electrons. The van der Waals surface area contributed by atoms with Gasteiger partial charge < -0.3 is 24.4 Å². The number of carbonyl (C=O) groups excluding carboxylic acids is 2. The Balaban J connectivity index is 1.62. The van der Waals surface area contributed by atoms with Gasteiger partial charge in [0.15, 0.2) is 0 Å². The number of nitrogens with one attached hydrogen (secondary N) is 1. The van der Waals surface area contributed by atoms with Crippen LogP contribution >= 0.6 is 34.8 Å². The zero-order valence-corrected chi connectivity index (χ0v) is 24.9. The lowest BCUT2D eigenvalue weighted by Crippen LogP contribution is -2.73. The molecule has 3 aromatic carbocycles. The molecule has 0 saturated carbocycles. The van der Waals surface area contributed by atoms with E-state index < -0.39 is 28.6 Å². The second kappa shape index (κ2) is 14.0. The van der Waals surface area contributed by atoms with Crippen LogP contribution in [0.15, 0.2) is 84.9 Å². The number of halogens is 3. The zero-order valence-electron chi connectivity index (χ0n) is 22.6. The molecule has 0 bridgehead atoms. The van der Waals surface area contributed by atoms with Gasteiger partial charge in [0.25, 0.3) is 0 Å². The van der Waals surface area contributed by atoms with Crippen LogP contribution in [0.1, 0.15) is 16.7 Å². The monoisotopic (exact) mass is 616 g/mol. The molecule has 1 heterocycles. The smallest absolute Gasteiger partial charge is 0.408 e. The highest BCUT2D eigenvalue weighted by Gasteiger charge is 2.50. The van der Waals surface area contributed by atoms with Crippen LogP contribution in [0, 0.1) is 0 Å². The number of methoxy groups -OCH3 is 2. The number of β-lactam (4-membered cyclic amide) rings is 1. The van der Waals surface area contributed by atoms with Gasteiger partial charge in [0.2, 0.25) is 9.70 Å². The summed E-state index contributed by atoms with van der Waals surface area (Å²) in [6.07, 6.45) is 4.19. The number of carbonyl (C=O) groups is 2. The number of hydrogen-bond acceptors (Lipinski definition) is 5. The number of nitrogens with zero attached hydrogens (tertiary/aromatic N) is 1. The quantitative estimate of drug-likeness (QED) is 0.203. The van der Waals surface area contributed by atoms with Crippen LogP contribution in [-0.2, 0) is 22.4 Å². The van der Waals surface area contributed by atoms with Crippen LogP contribution in [0.25, 0.3) is 6.08 Å². The molecule has 1 aliphatic heterocycles. The first-order chi connectivity index (χ1) is 19.7. The van der Waals surface area contributed by atoms with E-state index in [2.05, 4.69) is 5.32 Å². The predicted octanol–water partition coefficient (Wildman–Crippen LogP) is 6.25. The number of rotatable bonds is 11. The topological polar surface area (TPSA) is 77.1 Å². The van der Waals surface area contributed by atoms with Crippen molar-refractivity contribution < 1.29 is 23.8 Å². The van der Waals surface area contributed by atoms with E-state index in [-0.39, 0.29) is 11.9 Å². The molecule has 0 spiro atoms. The van der Waals surface area contributed by atoms with E-state index in [4.69, 9.17) is 49.0 Å². The van der Waals surface area contributed by atoms with E-state index in [1.165, 1.54) is 0 Å². The molecule has 7 nitrogen and oxygen atoms in total. The van der Waals surface area contributed by atoms with E-state index in [0.717, 1.165) is 28.2 Å². The van der Waals surface area contributed by atoms with Crippen molar-refractivity contribution >= 4 is 52.9 Å². The van der Waals surface area contributed by atoms with E-state index in [9.17, 15) is 9.59 Å². The summed E-state index contributed by atoms with van der Waals surface area (Å²) >= 11 is 17.2. The number of alkyl halides is 3. The molecule has 2 amide bonds. The lowest BCUT2D eigenvalue weighted by Gasteiger charge is -2.50. The second-order valence-corrected chi connectivity index (χ2v) is 12.1. The first-order valence-electron chi connectivity index (χ1n) is 13.0. The summed E-state index contributed by atoms with van der Waals surface area (Å²) in [5.41, 5.74) is 3.05. The van der Waals surface area contributed by atoms with Crippen molar-refractivity contribution in [1.29, 1.82) is 0 Å². The van der Waals surface area contributed by atoms with Crippen molar-refractivity contribution in [1.82, 2.24) is 10.2 Å². The molecule has 2 atom stereocenters. The van der Waals surface area contributed by atoms with Crippen LogP contribution in [0.5, 0.6) is 11.5 Å². The normalized spacial score (nSPS) is 16.9. The highest BCUT2D eigenvalue weighted by Crippen LogP contribution is 2.31. The third kappa shape index (κ3) is 8.55. The molecule has 0 aliphatic carbocycles. The molecule has 10 heteroatoms. The van der Waals surface area contributed by atoms with Crippen molar-refractivity contribution in [3.63, 3.8) is 0 Å². The highest BCUT2D eigenvalue weighted by molar-refractivity contribution is 6.67. The number of hydrogen-bond donors (Lipinski definition) is 1. The van der Waals surface area contributed by atoms with Crippen molar-refractivity contribution in [2.24, 2.45) is 0 Å². The standard InChI is InChI=1S/C31H31Cl3N2O5/c1-39-25-13-8-22(9-14-25)18-24(19-23-10-15-26(40-2)16-11-23)36-27(17-12-21-6-4-3-5-7-21)28(29(36)37)35-30(38)41-20-31(32,33)34/h3-17,24,27-28H,18-20H2,1-2H3,(H,35,38). The molecule has 1 N–H and O–H groups in total. The maximum atomic E-state index is 13.6. The van der Waals surface area contributed by atoms with E-state index >= 15 is 0 Å².